The minimum absolute atomic E-state index is 0.0963. The van der Waals surface area contributed by atoms with Gasteiger partial charge in [-0.3, -0.25) is 9.59 Å². The number of carbonyl (C=O) groups is 1. The first-order valence-corrected chi connectivity index (χ1v) is 13.6. The van der Waals surface area contributed by atoms with Crippen molar-refractivity contribution in [2.45, 2.75) is 59.0 Å². The largest absolute Gasteiger partial charge is 0.494 e. The van der Waals surface area contributed by atoms with Crippen molar-refractivity contribution in [3.05, 3.63) is 109 Å². The number of carbonyl (C=O) groups excluding carboxylic acids is 1. The maximum atomic E-state index is 13.9. The van der Waals surface area contributed by atoms with Gasteiger partial charge in [0.1, 0.15) is 11.3 Å². The molecule has 196 valence electrons. The lowest BCUT2D eigenvalue weighted by Gasteiger charge is -2.25. The van der Waals surface area contributed by atoms with E-state index in [1.807, 2.05) is 68.4 Å². The molecular formula is C32H32ClNO4. The molecular weight excluding hydrogens is 498 g/mol. The fourth-order valence-corrected chi connectivity index (χ4v) is 5.26. The predicted molar refractivity (Wildman–Crippen MR) is 151 cm³/mol. The Labute approximate surface area is 228 Å². The highest BCUT2D eigenvalue weighted by Gasteiger charge is 2.43. The van der Waals surface area contributed by atoms with Crippen LogP contribution in [-0.4, -0.2) is 17.4 Å². The Kier molecular flexibility index (Phi) is 7.57. The van der Waals surface area contributed by atoms with E-state index in [2.05, 4.69) is 6.92 Å². The van der Waals surface area contributed by atoms with Crippen molar-refractivity contribution >= 4 is 28.5 Å². The molecule has 0 fully saturated rings. The number of hydrogen-bond donors (Lipinski definition) is 0. The lowest BCUT2D eigenvalue weighted by molar-refractivity contribution is 0.0714. The summed E-state index contributed by atoms with van der Waals surface area (Å²) in [4.78, 5) is 29.3. The predicted octanol–water partition coefficient (Wildman–Crippen LogP) is 7.77. The van der Waals surface area contributed by atoms with Crippen LogP contribution in [0.25, 0.3) is 11.0 Å². The second-order valence-corrected chi connectivity index (χ2v) is 10.4. The summed E-state index contributed by atoms with van der Waals surface area (Å²) in [6.07, 6.45) is 4.55. The van der Waals surface area contributed by atoms with Crippen molar-refractivity contribution in [1.29, 1.82) is 0 Å². The van der Waals surface area contributed by atoms with Crippen molar-refractivity contribution in [3.63, 3.8) is 0 Å². The standard InChI is InChI=1S/C32H32ClNO4/c1-4-5-6-9-16-37-24-14-12-22(13-15-24)29-28-30(35)25-17-20(2)21(3)18-27(25)38-31(28)32(36)34(29)19-23-10-7-8-11-26(23)33/h7-8,10-15,17-18,29H,4-6,9,16,19H2,1-3H3. The minimum Gasteiger partial charge on any atom is -0.494 e. The highest BCUT2D eigenvalue weighted by Crippen LogP contribution is 2.40. The zero-order chi connectivity index (χ0) is 26.8. The summed E-state index contributed by atoms with van der Waals surface area (Å²) in [7, 11) is 0. The van der Waals surface area contributed by atoms with E-state index < -0.39 is 6.04 Å². The molecule has 0 radical (unpaired) electrons. The summed E-state index contributed by atoms with van der Waals surface area (Å²) in [6, 6.07) is 18.2. The van der Waals surface area contributed by atoms with Crippen LogP contribution in [0, 0.1) is 13.8 Å². The van der Waals surface area contributed by atoms with Gasteiger partial charge >= 0.3 is 0 Å². The quantitative estimate of drug-likeness (QED) is 0.208. The maximum Gasteiger partial charge on any atom is 0.291 e. The van der Waals surface area contributed by atoms with Crippen molar-refractivity contribution in [1.82, 2.24) is 4.90 Å². The van der Waals surface area contributed by atoms with Gasteiger partial charge < -0.3 is 14.1 Å². The van der Waals surface area contributed by atoms with Crippen molar-refractivity contribution in [3.8, 4) is 5.75 Å². The topological polar surface area (TPSA) is 59.8 Å². The highest BCUT2D eigenvalue weighted by atomic mass is 35.5. The van der Waals surface area contributed by atoms with Gasteiger partial charge in [0.05, 0.1) is 23.6 Å². The smallest absolute Gasteiger partial charge is 0.291 e. The molecule has 5 rings (SSSR count). The van der Waals surface area contributed by atoms with E-state index in [-0.39, 0.29) is 23.6 Å². The lowest BCUT2D eigenvalue weighted by Crippen LogP contribution is -2.29. The summed E-state index contributed by atoms with van der Waals surface area (Å²) in [6.45, 7) is 7.03. The summed E-state index contributed by atoms with van der Waals surface area (Å²) in [5.41, 5.74) is 4.23. The number of halogens is 1. The summed E-state index contributed by atoms with van der Waals surface area (Å²) in [5.74, 6) is 0.543. The molecule has 0 spiro atoms. The van der Waals surface area contributed by atoms with Crippen LogP contribution in [0.5, 0.6) is 5.75 Å². The third-order valence-electron chi connectivity index (χ3n) is 7.34. The third-order valence-corrected chi connectivity index (χ3v) is 7.71. The van der Waals surface area contributed by atoms with Crippen molar-refractivity contribution < 1.29 is 13.9 Å². The van der Waals surface area contributed by atoms with Crippen LogP contribution in [0.3, 0.4) is 0 Å². The lowest BCUT2D eigenvalue weighted by atomic mass is 9.97. The molecule has 38 heavy (non-hydrogen) atoms. The Morgan fingerprint density at radius 3 is 2.42 bits per heavy atom. The Morgan fingerprint density at radius 1 is 0.947 bits per heavy atom. The Balaban J connectivity index is 1.56. The summed E-state index contributed by atoms with van der Waals surface area (Å²) < 4.78 is 12.1. The molecule has 0 saturated carbocycles. The minimum atomic E-state index is -0.602. The van der Waals surface area contributed by atoms with E-state index in [1.54, 1.807) is 11.0 Å². The zero-order valence-corrected chi connectivity index (χ0v) is 22.8. The van der Waals surface area contributed by atoms with Crippen molar-refractivity contribution in [2.24, 2.45) is 0 Å². The number of amides is 1. The molecule has 5 nitrogen and oxygen atoms in total. The van der Waals surface area contributed by atoms with E-state index in [0.717, 1.165) is 40.8 Å². The highest BCUT2D eigenvalue weighted by molar-refractivity contribution is 6.31. The first-order chi connectivity index (χ1) is 18.4. The molecule has 1 aliphatic heterocycles. The molecule has 1 amide bonds. The second kappa shape index (κ2) is 11.0. The van der Waals surface area contributed by atoms with Crippen LogP contribution in [0.4, 0.5) is 0 Å². The SMILES string of the molecule is CCCCCCOc1ccc(C2c3c(oc4cc(C)c(C)cc4c3=O)C(=O)N2Cc2ccccc2Cl)cc1. The summed E-state index contributed by atoms with van der Waals surface area (Å²) in [5, 5.41) is 1.05. The Morgan fingerprint density at radius 2 is 1.68 bits per heavy atom. The number of benzene rings is 3. The summed E-state index contributed by atoms with van der Waals surface area (Å²) >= 11 is 6.47. The average molecular weight is 530 g/mol. The molecule has 1 aromatic heterocycles. The monoisotopic (exact) mass is 529 g/mol. The first-order valence-electron chi connectivity index (χ1n) is 13.2. The number of ether oxygens (including phenoxy) is 1. The molecule has 6 heteroatoms. The molecule has 1 aliphatic rings. The number of nitrogens with zero attached hydrogens (tertiary/aromatic N) is 1. The van der Waals surface area contributed by atoms with E-state index in [4.69, 9.17) is 20.8 Å². The van der Waals surface area contributed by atoms with E-state index in [1.165, 1.54) is 12.8 Å². The second-order valence-electron chi connectivity index (χ2n) is 10.0. The van der Waals surface area contributed by atoms with Crippen LogP contribution in [-0.2, 0) is 6.54 Å². The maximum absolute atomic E-state index is 13.9. The van der Waals surface area contributed by atoms with Gasteiger partial charge in [0.15, 0.2) is 5.43 Å². The number of hydrogen-bond acceptors (Lipinski definition) is 4. The number of unbranched alkanes of at least 4 members (excludes halogenated alkanes) is 3. The zero-order valence-electron chi connectivity index (χ0n) is 22.1. The molecule has 1 unspecified atom stereocenters. The Bertz CT molecular complexity index is 1540. The third kappa shape index (κ3) is 4.95. The van der Waals surface area contributed by atoms with Gasteiger partial charge in [-0.15, -0.1) is 0 Å². The van der Waals surface area contributed by atoms with E-state index in [0.29, 0.717) is 28.2 Å². The molecule has 0 N–H and O–H groups in total. The van der Waals surface area contributed by atoms with E-state index >= 15 is 0 Å². The normalized spacial score (nSPS) is 14.8. The Hall–Kier alpha value is -3.57. The van der Waals surface area contributed by atoms with Crippen LogP contribution in [0.1, 0.15) is 77.0 Å². The van der Waals surface area contributed by atoms with Gasteiger partial charge in [-0.2, -0.15) is 0 Å². The molecule has 0 bridgehead atoms. The first kappa shape index (κ1) is 26.1. The fraction of sp³-hybridized carbons (Fsp3) is 0.312. The molecule has 4 aromatic rings. The average Bonchev–Trinajstić information content (AvgIpc) is 3.18. The van der Waals surface area contributed by atoms with Gasteiger partial charge in [-0.05, 0) is 72.9 Å². The number of aryl methyl sites for hydroxylation is 2. The molecule has 3 aromatic carbocycles. The van der Waals surface area contributed by atoms with Crippen LogP contribution in [0.15, 0.2) is 69.9 Å². The van der Waals surface area contributed by atoms with Crippen molar-refractivity contribution in [2.75, 3.05) is 6.61 Å². The van der Waals surface area contributed by atoms with Crippen LogP contribution < -0.4 is 10.2 Å². The molecule has 1 atom stereocenters. The van der Waals surface area contributed by atoms with Gasteiger partial charge in [-0.1, -0.05) is 68.1 Å². The van der Waals surface area contributed by atoms with Gasteiger partial charge in [0.25, 0.3) is 5.91 Å². The van der Waals surface area contributed by atoms with Gasteiger partial charge in [0, 0.05) is 11.6 Å². The number of fused-ring (bicyclic) bond motifs is 2. The van der Waals surface area contributed by atoms with E-state index in [9.17, 15) is 9.59 Å². The van der Waals surface area contributed by atoms with Gasteiger partial charge in [-0.25, -0.2) is 0 Å². The molecule has 0 saturated heterocycles. The van der Waals surface area contributed by atoms with Crippen LogP contribution >= 0.6 is 11.6 Å². The molecule has 2 heterocycles. The molecule has 0 aliphatic carbocycles. The van der Waals surface area contributed by atoms with Gasteiger partial charge in [0.2, 0.25) is 5.76 Å². The number of rotatable bonds is 9. The van der Waals surface area contributed by atoms with Crippen LogP contribution in [0.2, 0.25) is 5.02 Å². The fourth-order valence-electron chi connectivity index (χ4n) is 5.06.